The summed E-state index contributed by atoms with van der Waals surface area (Å²) in [5.41, 5.74) is 7.31. The Balaban J connectivity index is 1.93. The molecule has 1 aliphatic heterocycles. The minimum Gasteiger partial charge on any atom is -0.381 e. The predicted octanol–water partition coefficient (Wildman–Crippen LogP) is 1.92. The van der Waals surface area contributed by atoms with Gasteiger partial charge in [-0.25, -0.2) is 0 Å². The van der Waals surface area contributed by atoms with Gasteiger partial charge in [0.05, 0.1) is 10.6 Å². The third-order valence-electron chi connectivity index (χ3n) is 3.18. The van der Waals surface area contributed by atoms with Gasteiger partial charge in [0.2, 0.25) is 0 Å². The molecule has 1 unspecified atom stereocenters. The van der Waals surface area contributed by atoms with Gasteiger partial charge in [0.25, 0.3) is 0 Å². The first-order valence-electron chi connectivity index (χ1n) is 5.95. The Labute approximate surface area is 100 Å². The number of nitrogens with zero attached hydrogens (tertiary/aromatic N) is 2. The van der Waals surface area contributed by atoms with Crippen LogP contribution >= 0.6 is 11.5 Å². The fourth-order valence-corrected chi connectivity index (χ4v) is 2.94. The predicted molar refractivity (Wildman–Crippen MR) is 64.4 cm³/mol. The molecule has 0 aliphatic carbocycles. The zero-order chi connectivity index (χ0) is 11.4. The van der Waals surface area contributed by atoms with Gasteiger partial charge in [-0.15, -0.1) is 5.10 Å². The third-order valence-corrected chi connectivity index (χ3v) is 4.08. The lowest BCUT2D eigenvalue weighted by Crippen LogP contribution is -2.21. The Kier molecular flexibility index (Phi) is 4.26. The first-order valence-corrected chi connectivity index (χ1v) is 6.73. The summed E-state index contributed by atoms with van der Waals surface area (Å²) in [6, 6.07) is 0.109. The Hall–Kier alpha value is -0.520. The van der Waals surface area contributed by atoms with Crippen LogP contribution in [-0.2, 0) is 11.2 Å². The van der Waals surface area contributed by atoms with Gasteiger partial charge < -0.3 is 10.5 Å². The van der Waals surface area contributed by atoms with Gasteiger partial charge in [0, 0.05) is 19.3 Å². The lowest BCUT2D eigenvalue weighted by Gasteiger charge is -2.24. The summed E-state index contributed by atoms with van der Waals surface area (Å²) in [4.78, 5) is 1.17. The highest BCUT2D eigenvalue weighted by atomic mass is 32.1. The van der Waals surface area contributed by atoms with Gasteiger partial charge in [-0.3, -0.25) is 0 Å². The van der Waals surface area contributed by atoms with E-state index < -0.39 is 0 Å². The molecule has 1 fully saturated rings. The molecule has 1 aromatic heterocycles. The molecule has 16 heavy (non-hydrogen) atoms. The molecule has 5 heteroatoms. The molecule has 1 aliphatic rings. The van der Waals surface area contributed by atoms with Crippen LogP contribution in [0, 0.1) is 5.92 Å². The number of hydrogen-bond donors (Lipinski definition) is 1. The van der Waals surface area contributed by atoms with Crippen molar-refractivity contribution in [1.29, 1.82) is 0 Å². The van der Waals surface area contributed by atoms with Crippen LogP contribution in [0.5, 0.6) is 0 Å². The fraction of sp³-hybridized carbons (Fsp3) is 0.818. The van der Waals surface area contributed by atoms with Crippen molar-refractivity contribution in [1.82, 2.24) is 9.59 Å². The van der Waals surface area contributed by atoms with E-state index in [0.717, 1.165) is 44.6 Å². The number of hydrogen-bond acceptors (Lipinski definition) is 5. The lowest BCUT2D eigenvalue weighted by molar-refractivity contribution is 0.0619. The monoisotopic (exact) mass is 241 g/mol. The zero-order valence-electron chi connectivity index (χ0n) is 9.69. The van der Waals surface area contributed by atoms with Crippen molar-refractivity contribution >= 4 is 11.5 Å². The molecule has 2 rings (SSSR count). The van der Waals surface area contributed by atoms with Crippen molar-refractivity contribution in [3.05, 3.63) is 10.6 Å². The molecule has 2 N–H and O–H groups in total. The van der Waals surface area contributed by atoms with E-state index in [9.17, 15) is 0 Å². The summed E-state index contributed by atoms with van der Waals surface area (Å²) < 4.78 is 9.35. The van der Waals surface area contributed by atoms with Crippen molar-refractivity contribution in [3.63, 3.8) is 0 Å². The third kappa shape index (κ3) is 2.78. The van der Waals surface area contributed by atoms with E-state index in [1.165, 1.54) is 16.4 Å². The molecule has 0 amide bonds. The summed E-state index contributed by atoms with van der Waals surface area (Å²) in [6.45, 7) is 3.87. The molecule has 1 aromatic rings. The second kappa shape index (κ2) is 5.70. The van der Waals surface area contributed by atoms with Crippen LogP contribution in [0.3, 0.4) is 0 Å². The lowest BCUT2D eigenvalue weighted by atomic mass is 9.92. The first kappa shape index (κ1) is 12.0. The highest BCUT2D eigenvalue weighted by Gasteiger charge is 2.21. The number of aromatic nitrogens is 2. The molecule has 2 heterocycles. The van der Waals surface area contributed by atoms with Crippen LogP contribution in [0.25, 0.3) is 0 Å². The molecule has 0 saturated carbocycles. The Morgan fingerprint density at radius 2 is 2.25 bits per heavy atom. The Morgan fingerprint density at radius 1 is 1.50 bits per heavy atom. The Bertz CT molecular complexity index is 323. The van der Waals surface area contributed by atoms with Crippen LogP contribution in [0.4, 0.5) is 0 Å². The molecule has 4 nitrogen and oxygen atoms in total. The van der Waals surface area contributed by atoms with Gasteiger partial charge in [0.15, 0.2) is 0 Å². The van der Waals surface area contributed by atoms with Gasteiger partial charge >= 0.3 is 0 Å². The summed E-state index contributed by atoms with van der Waals surface area (Å²) in [5, 5.41) is 4.11. The molecule has 0 bridgehead atoms. The van der Waals surface area contributed by atoms with Crippen LogP contribution in [0.1, 0.15) is 42.8 Å². The van der Waals surface area contributed by atoms with Crippen LogP contribution in [-0.4, -0.2) is 22.8 Å². The quantitative estimate of drug-likeness (QED) is 0.875. The van der Waals surface area contributed by atoms with Crippen molar-refractivity contribution < 1.29 is 4.74 Å². The standard InChI is InChI=1S/C11H19N3OS/c1-2-10-11(16-14-13-10)9(12)7-8-3-5-15-6-4-8/h8-9H,2-7,12H2,1H3. The van der Waals surface area contributed by atoms with Gasteiger partial charge in [0.1, 0.15) is 0 Å². The van der Waals surface area contributed by atoms with Crippen molar-refractivity contribution in [3.8, 4) is 0 Å². The van der Waals surface area contributed by atoms with E-state index in [1.807, 2.05) is 0 Å². The topological polar surface area (TPSA) is 61.0 Å². The highest BCUT2D eigenvalue weighted by Crippen LogP contribution is 2.28. The summed E-state index contributed by atoms with van der Waals surface area (Å²) in [6.07, 6.45) is 4.25. The molecular weight excluding hydrogens is 222 g/mol. The maximum Gasteiger partial charge on any atom is 0.0800 e. The minimum atomic E-state index is 0.109. The second-order valence-corrected chi connectivity index (χ2v) is 5.12. The van der Waals surface area contributed by atoms with E-state index in [-0.39, 0.29) is 6.04 Å². The van der Waals surface area contributed by atoms with E-state index in [0.29, 0.717) is 5.92 Å². The number of rotatable bonds is 4. The second-order valence-electron chi connectivity index (χ2n) is 4.34. The average Bonchev–Trinajstić information content (AvgIpc) is 2.78. The highest BCUT2D eigenvalue weighted by molar-refractivity contribution is 7.05. The zero-order valence-corrected chi connectivity index (χ0v) is 10.5. The van der Waals surface area contributed by atoms with Crippen LogP contribution in [0.15, 0.2) is 0 Å². The molecule has 1 atom stereocenters. The molecule has 0 radical (unpaired) electrons. The first-order chi connectivity index (χ1) is 7.81. The number of aryl methyl sites for hydroxylation is 1. The van der Waals surface area contributed by atoms with E-state index in [1.54, 1.807) is 0 Å². The minimum absolute atomic E-state index is 0.109. The van der Waals surface area contributed by atoms with Gasteiger partial charge in [-0.1, -0.05) is 11.4 Å². The molecule has 0 aromatic carbocycles. The fourth-order valence-electron chi connectivity index (χ4n) is 2.19. The van der Waals surface area contributed by atoms with Crippen molar-refractivity contribution in [2.24, 2.45) is 11.7 Å². The normalized spacial score (nSPS) is 19.9. The smallest absolute Gasteiger partial charge is 0.0800 e. The van der Waals surface area contributed by atoms with Crippen molar-refractivity contribution in [2.45, 2.75) is 38.6 Å². The molecule has 1 saturated heterocycles. The summed E-state index contributed by atoms with van der Waals surface area (Å²) in [5.74, 6) is 0.704. The van der Waals surface area contributed by atoms with Crippen LogP contribution in [0.2, 0.25) is 0 Å². The molecule has 0 spiro atoms. The maximum atomic E-state index is 6.24. The van der Waals surface area contributed by atoms with E-state index in [4.69, 9.17) is 10.5 Å². The van der Waals surface area contributed by atoms with Gasteiger partial charge in [-0.2, -0.15) is 0 Å². The Morgan fingerprint density at radius 3 is 2.94 bits per heavy atom. The maximum absolute atomic E-state index is 6.24. The molecule has 90 valence electrons. The van der Waals surface area contributed by atoms with E-state index >= 15 is 0 Å². The number of nitrogens with two attached hydrogens (primary N) is 1. The number of ether oxygens (including phenoxy) is 1. The molecular formula is C11H19N3OS. The van der Waals surface area contributed by atoms with Gasteiger partial charge in [-0.05, 0) is 43.1 Å². The van der Waals surface area contributed by atoms with E-state index in [2.05, 4.69) is 16.5 Å². The summed E-state index contributed by atoms with van der Waals surface area (Å²) >= 11 is 1.45. The van der Waals surface area contributed by atoms with Crippen LogP contribution < -0.4 is 5.73 Å². The summed E-state index contributed by atoms with van der Waals surface area (Å²) in [7, 11) is 0. The SMILES string of the molecule is CCc1nnsc1C(N)CC1CCOCC1. The largest absolute Gasteiger partial charge is 0.381 e. The van der Waals surface area contributed by atoms with Crippen molar-refractivity contribution in [2.75, 3.05) is 13.2 Å². The average molecular weight is 241 g/mol.